The van der Waals surface area contributed by atoms with Crippen LogP contribution in [0.2, 0.25) is 0 Å². The molecule has 4 heteroatoms. The van der Waals surface area contributed by atoms with Crippen molar-refractivity contribution in [3.8, 4) is 0 Å². The minimum atomic E-state index is -0.305. The Hall–Kier alpha value is -1.84. The van der Waals surface area contributed by atoms with Gasteiger partial charge >= 0.3 is 5.97 Å². The number of hydrogen-bond donors (Lipinski definition) is 2. The molecular weight excluding hydrogens is 180 g/mol. The predicted octanol–water partition coefficient (Wildman–Crippen LogP) is 1.03. The molecule has 0 spiro atoms. The molecule has 0 aliphatic rings. The van der Waals surface area contributed by atoms with E-state index in [1.54, 1.807) is 24.3 Å². The maximum absolute atomic E-state index is 10.5. The number of rotatable bonds is 3. The van der Waals surface area contributed by atoms with Crippen LogP contribution in [0.25, 0.3) is 0 Å². The number of carbonyl (C=O) groups is 1. The molecule has 0 amide bonds. The molecule has 0 bridgehead atoms. The summed E-state index contributed by atoms with van der Waals surface area (Å²) in [4.78, 5) is 10.5. The number of carbonyl (C=O) groups excluding carboxylic acids is 1. The number of esters is 1. The first kappa shape index (κ1) is 10.2. The van der Waals surface area contributed by atoms with Crippen molar-refractivity contribution >= 4 is 11.8 Å². The summed E-state index contributed by atoms with van der Waals surface area (Å²) >= 11 is 0. The molecule has 0 heterocycles. The standard InChI is InChI=1S/C10H12N2O2/c1-7(13)14-6-8-2-4-9(5-3-8)10(11)12/h2-5H,6H2,1H3,(H3,11,12). The zero-order valence-corrected chi connectivity index (χ0v) is 7.91. The molecule has 14 heavy (non-hydrogen) atoms. The lowest BCUT2D eigenvalue weighted by Crippen LogP contribution is -2.10. The Bertz CT molecular complexity index is 344. The zero-order chi connectivity index (χ0) is 10.6. The van der Waals surface area contributed by atoms with Crippen molar-refractivity contribution in [1.82, 2.24) is 0 Å². The molecule has 0 aromatic heterocycles. The van der Waals surface area contributed by atoms with Crippen molar-refractivity contribution in [3.05, 3.63) is 35.4 Å². The Labute approximate surface area is 82.2 Å². The molecule has 1 aromatic rings. The van der Waals surface area contributed by atoms with Gasteiger partial charge in [-0.05, 0) is 5.56 Å². The largest absolute Gasteiger partial charge is 0.461 e. The molecule has 0 radical (unpaired) electrons. The van der Waals surface area contributed by atoms with Crippen LogP contribution >= 0.6 is 0 Å². The summed E-state index contributed by atoms with van der Waals surface area (Å²) in [5.41, 5.74) is 6.83. The van der Waals surface area contributed by atoms with Gasteiger partial charge in [-0.1, -0.05) is 24.3 Å². The fourth-order valence-electron chi connectivity index (χ4n) is 0.965. The average Bonchev–Trinajstić information content (AvgIpc) is 2.15. The quantitative estimate of drug-likeness (QED) is 0.426. The highest BCUT2D eigenvalue weighted by molar-refractivity contribution is 5.94. The van der Waals surface area contributed by atoms with Gasteiger partial charge in [0.1, 0.15) is 12.4 Å². The molecule has 0 fully saturated rings. The highest BCUT2D eigenvalue weighted by Gasteiger charge is 1.98. The van der Waals surface area contributed by atoms with Gasteiger partial charge in [-0.25, -0.2) is 0 Å². The maximum Gasteiger partial charge on any atom is 0.302 e. The Morgan fingerprint density at radius 2 is 2.00 bits per heavy atom. The Kier molecular flexibility index (Phi) is 3.23. The van der Waals surface area contributed by atoms with Gasteiger partial charge in [0.15, 0.2) is 0 Å². The lowest BCUT2D eigenvalue weighted by Gasteiger charge is -2.03. The van der Waals surface area contributed by atoms with Gasteiger partial charge in [0, 0.05) is 12.5 Å². The van der Waals surface area contributed by atoms with Crippen LogP contribution in [0, 0.1) is 5.41 Å². The van der Waals surface area contributed by atoms with Crippen LogP contribution in [-0.4, -0.2) is 11.8 Å². The second-order valence-corrected chi connectivity index (χ2v) is 2.89. The minimum Gasteiger partial charge on any atom is -0.461 e. The van der Waals surface area contributed by atoms with E-state index in [1.165, 1.54) is 6.92 Å². The van der Waals surface area contributed by atoms with Gasteiger partial charge in [-0.3, -0.25) is 10.2 Å². The first-order valence-corrected chi connectivity index (χ1v) is 4.16. The second kappa shape index (κ2) is 4.41. The number of nitrogen functional groups attached to an aromatic ring is 1. The zero-order valence-electron chi connectivity index (χ0n) is 7.91. The molecule has 4 nitrogen and oxygen atoms in total. The van der Waals surface area contributed by atoms with E-state index in [1.807, 2.05) is 0 Å². The lowest BCUT2D eigenvalue weighted by molar-refractivity contribution is -0.142. The highest BCUT2D eigenvalue weighted by atomic mass is 16.5. The number of benzene rings is 1. The summed E-state index contributed by atoms with van der Waals surface area (Å²) in [5, 5.41) is 7.17. The fraction of sp³-hybridized carbons (Fsp3) is 0.200. The van der Waals surface area contributed by atoms with Crippen LogP contribution in [0.3, 0.4) is 0 Å². The molecule has 74 valence electrons. The second-order valence-electron chi connectivity index (χ2n) is 2.89. The number of hydrogen-bond acceptors (Lipinski definition) is 3. The summed E-state index contributed by atoms with van der Waals surface area (Å²) in [5.74, 6) is -0.273. The number of nitrogens with one attached hydrogen (secondary N) is 1. The summed E-state index contributed by atoms with van der Waals surface area (Å²) in [6.45, 7) is 1.62. The fourth-order valence-corrected chi connectivity index (χ4v) is 0.965. The SMILES string of the molecule is CC(=O)OCc1ccc(C(=N)N)cc1. The van der Waals surface area contributed by atoms with Crippen molar-refractivity contribution in [2.45, 2.75) is 13.5 Å². The van der Waals surface area contributed by atoms with E-state index >= 15 is 0 Å². The van der Waals surface area contributed by atoms with Gasteiger partial charge in [-0.15, -0.1) is 0 Å². The molecule has 0 saturated heterocycles. The third-order valence-corrected chi connectivity index (χ3v) is 1.71. The third kappa shape index (κ3) is 2.90. The lowest BCUT2D eigenvalue weighted by atomic mass is 10.1. The first-order chi connectivity index (χ1) is 6.59. The van der Waals surface area contributed by atoms with Crippen molar-refractivity contribution < 1.29 is 9.53 Å². The van der Waals surface area contributed by atoms with Crippen molar-refractivity contribution in [3.63, 3.8) is 0 Å². The van der Waals surface area contributed by atoms with Crippen molar-refractivity contribution in [1.29, 1.82) is 5.41 Å². The monoisotopic (exact) mass is 192 g/mol. The summed E-state index contributed by atoms with van der Waals surface area (Å²) < 4.78 is 4.80. The molecule has 0 saturated carbocycles. The number of nitrogens with two attached hydrogens (primary N) is 1. The summed E-state index contributed by atoms with van der Waals surface area (Å²) in [7, 11) is 0. The maximum atomic E-state index is 10.5. The van der Waals surface area contributed by atoms with Gasteiger partial charge in [-0.2, -0.15) is 0 Å². The van der Waals surface area contributed by atoms with E-state index in [0.29, 0.717) is 5.56 Å². The first-order valence-electron chi connectivity index (χ1n) is 4.16. The van der Waals surface area contributed by atoms with Crippen LogP contribution < -0.4 is 5.73 Å². The Morgan fingerprint density at radius 3 is 2.43 bits per heavy atom. The number of ether oxygens (including phenoxy) is 1. The van der Waals surface area contributed by atoms with Gasteiger partial charge in [0.05, 0.1) is 0 Å². The van der Waals surface area contributed by atoms with Crippen LogP contribution in [0.4, 0.5) is 0 Å². The predicted molar refractivity (Wildman–Crippen MR) is 52.9 cm³/mol. The van der Waals surface area contributed by atoms with Gasteiger partial charge in [0.25, 0.3) is 0 Å². The Morgan fingerprint density at radius 1 is 1.43 bits per heavy atom. The Balaban J connectivity index is 2.64. The van der Waals surface area contributed by atoms with E-state index in [2.05, 4.69) is 0 Å². The van der Waals surface area contributed by atoms with E-state index in [4.69, 9.17) is 15.9 Å². The third-order valence-electron chi connectivity index (χ3n) is 1.71. The van der Waals surface area contributed by atoms with Gasteiger partial charge in [0.2, 0.25) is 0 Å². The molecule has 0 unspecified atom stereocenters. The molecule has 0 aliphatic heterocycles. The smallest absolute Gasteiger partial charge is 0.302 e. The molecule has 0 aliphatic carbocycles. The molecule has 0 atom stereocenters. The van der Waals surface area contributed by atoms with Crippen molar-refractivity contribution in [2.75, 3.05) is 0 Å². The molecule has 1 rings (SSSR count). The van der Waals surface area contributed by atoms with Crippen molar-refractivity contribution in [2.24, 2.45) is 5.73 Å². The van der Waals surface area contributed by atoms with E-state index in [0.717, 1.165) is 5.56 Å². The minimum absolute atomic E-state index is 0.0315. The van der Waals surface area contributed by atoms with E-state index < -0.39 is 0 Å². The van der Waals surface area contributed by atoms with E-state index in [9.17, 15) is 4.79 Å². The summed E-state index contributed by atoms with van der Waals surface area (Å²) in [6, 6.07) is 7.00. The average molecular weight is 192 g/mol. The topological polar surface area (TPSA) is 76.2 Å². The van der Waals surface area contributed by atoms with Crippen LogP contribution in [0.5, 0.6) is 0 Å². The van der Waals surface area contributed by atoms with Crippen LogP contribution in [0.15, 0.2) is 24.3 Å². The molecule has 1 aromatic carbocycles. The highest BCUT2D eigenvalue weighted by Crippen LogP contribution is 2.05. The van der Waals surface area contributed by atoms with Crippen LogP contribution in [-0.2, 0) is 16.1 Å². The van der Waals surface area contributed by atoms with E-state index in [-0.39, 0.29) is 18.4 Å². The molecular formula is C10H12N2O2. The summed E-state index contributed by atoms with van der Waals surface area (Å²) in [6.07, 6.45) is 0. The van der Waals surface area contributed by atoms with Gasteiger partial charge < -0.3 is 10.5 Å². The number of amidine groups is 1. The molecule has 3 N–H and O–H groups in total. The van der Waals surface area contributed by atoms with Crippen LogP contribution in [0.1, 0.15) is 18.1 Å². The normalized spacial score (nSPS) is 9.50.